The molecular weight excluding hydrogens is 156 g/mol. The van der Waals surface area contributed by atoms with Crippen LogP contribution in [0.3, 0.4) is 0 Å². The molecule has 0 atom stereocenters. The van der Waals surface area contributed by atoms with E-state index in [2.05, 4.69) is 23.6 Å². The Hall–Kier alpha value is -0.570. The van der Waals surface area contributed by atoms with Gasteiger partial charge in [0.05, 0.1) is 6.54 Å². The molecular formula is C8H14N2S. The molecule has 1 aliphatic rings. The standard InChI is InChI=1S/C8H14N2S/c1-3-11-8-4-5-10-6-7(8)9-2/h4-5,9-10H,3,6H2,1-2H3. The van der Waals surface area contributed by atoms with Gasteiger partial charge in [-0.3, -0.25) is 0 Å². The molecule has 0 aromatic carbocycles. The van der Waals surface area contributed by atoms with Crippen molar-refractivity contribution < 1.29 is 0 Å². The van der Waals surface area contributed by atoms with E-state index >= 15 is 0 Å². The number of allylic oxidation sites excluding steroid dienone is 1. The lowest BCUT2D eigenvalue weighted by atomic mass is 10.3. The first-order chi connectivity index (χ1) is 5.38. The van der Waals surface area contributed by atoms with E-state index in [9.17, 15) is 0 Å². The van der Waals surface area contributed by atoms with Crippen LogP contribution in [-0.4, -0.2) is 19.3 Å². The number of rotatable bonds is 3. The Morgan fingerprint density at radius 2 is 2.55 bits per heavy atom. The molecule has 62 valence electrons. The maximum Gasteiger partial charge on any atom is 0.0553 e. The summed E-state index contributed by atoms with van der Waals surface area (Å²) in [7, 11) is 1.96. The summed E-state index contributed by atoms with van der Waals surface area (Å²) in [6.07, 6.45) is 4.11. The van der Waals surface area contributed by atoms with Crippen LogP contribution >= 0.6 is 11.8 Å². The molecule has 0 aromatic heterocycles. The predicted octanol–water partition coefficient (Wildman–Crippen LogP) is 1.29. The SMILES string of the molecule is CCSC1=C(NC)CNC=C1. The number of hydrogen-bond donors (Lipinski definition) is 2. The minimum absolute atomic E-state index is 0.926. The Balaban J connectivity index is 2.66. The van der Waals surface area contributed by atoms with Crippen LogP contribution in [0.4, 0.5) is 0 Å². The van der Waals surface area contributed by atoms with Crippen LogP contribution in [0, 0.1) is 0 Å². The molecule has 0 saturated carbocycles. The highest BCUT2D eigenvalue weighted by molar-refractivity contribution is 8.03. The second kappa shape index (κ2) is 4.34. The number of likely N-dealkylation sites (N-methyl/N-ethyl adjacent to an activating group) is 1. The first-order valence-corrected chi connectivity index (χ1v) is 4.80. The molecule has 0 aliphatic carbocycles. The van der Waals surface area contributed by atoms with Crippen LogP contribution in [0.25, 0.3) is 0 Å². The minimum atomic E-state index is 0.926. The highest BCUT2D eigenvalue weighted by atomic mass is 32.2. The maximum absolute atomic E-state index is 3.18. The van der Waals surface area contributed by atoms with Gasteiger partial charge >= 0.3 is 0 Å². The van der Waals surface area contributed by atoms with Crippen molar-refractivity contribution in [1.82, 2.24) is 10.6 Å². The van der Waals surface area contributed by atoms with Crippen LogP contribution in [0.15, 0.2) is 22.9 Å². The Kier molecular flexibility index (Phi) is 3.36. The summed E-state index contributed by atoms with van der Waals surface area (Å²) < 4.78 is 0. The number of dihydropyridines is 1. The highest BCUT2D eigenvalue weighted by Crippen LogP contribution is 2.20. The summed E-state index contributed by atoms with van der Waals surface area (Å²) in [5, 5.41) is 6.34. The van der Waals surface area contributed by atoms with Gasteiger partial charge in [0.2, 0.25) is 0 Å². The molecule has 0 radical (unpaired) electrons. The third kappa shape index (κ3) is 2.19. The second-order valence-electron chi connectivity index (χ2n) is 2.24. The van der Waals surface area contributed by atoms with Gasteiger partial charge in [-0.25, -0.2) is 0 Å². The quantitative estimate of drug-likeness (QED) is 0.667. The van der Waals surface area contributed by atoms with Crippen molar-refractivity contribution in [3.8, 4) is 0 Å². The zero-order valence-electron chi connectivity index (χ0n) is 6.98. The Morgan fingerprint density at radius 3 is 3.18 bits per heavy atom. The largest absolute Gasteiger partial charge is 0.389 e. The van der Waals surface area contributed by atoms with Gasteiger partial charge in [-0.2, -0.15) is 0 Å². The molecule has 0 bridgehead atoms. The average Bonchev–Trinajstić information content (AvgIpc) is 2.06. The lowest BCUT2D eigenvalue weighted by molar-refractivity contribution is 0.827. The zero-order valence-corrected chi connectivity index (χ0v) is 7.79. The van der Waals surface area contributed by atoms with Gasteiger partial charge in [0.15, 0.2) is 0 Å². The highest BCUT2D eigenvalue weighted by Gasteiger charge is 2.04. The summed E-state index contributed by atoms with van der Waals surface area (Å²) in [6.45, 7) is 3.09. The summed E-state index contributed by atoms with van der Waals surface area (Å²) >= 11 is 1.88. The van der Waals surface area contributed by atoms with Crippen LogP contribution in [0.2, 0.25) is 0 Å². The molecule has 2 N–H and O–H groups in total. The Bertz CT molecular complexity index is 185. The van der Waals surface area contributed by atoms with Gasteiger partial charge in [-0.05, 0) is 18.0 Å². The number of thioether (sulfide) groups is 1. The van der Waals surface area contributed by atoms with E-state index in [0.29, 0.717) is 0 Å². The smallest absolute Gasteiger partial charge is 0.0553 e. The lowest BCUT2D eigenvalue weighted by Crippen LogP contribution is -2.23. The van der Waals surface area contributed by atoms with Gasteiger partial charge in [-0.1, -0.05) is 6.92 Å². The fourth-order valence-electron chi connectivity index (χ4n) is 0.986. The van der Waals surface area contributed by atoms with Gasteiger partial charge in [0.25, 0.3) is 0 Å². The van der Waals surface area contributed by atoms with E-state index in [1.807, 2.05) is 25.0 Å². The van der Waals surface area contributed by atoms with Crippen molar-refractivity contribution in [1.29, 1.82) is 0 Å². The van der Waals surface area contributed by atoms with Crippen molar-refractivity contribution in [2.24, 2.45) is 0 Å². The van der Waals surface area contributed by atoms with E-state index in [4.69, 9.17) is 0 Å². The molecule has 0 saturated heterocycles. The fraction of sp³-hybridized carbons (Fsp3) is 0.500. The van der Waals surface area contributed by atoms with E-state index in [1.54, 1.807) is 0 Å². The topological polar surface area (TPSA) is 24.1 Å². The van der Waals surface area contributed by atoms with E-state index < -0.39 is 0 Å². The normalized spacial score (nSPS) is 16.5. The fourth-order valence-corrected chi connectivity index (χ4v) is 1.81. The third-order valence-corrected chi connectivity index (χ3v) is 2.51. The first-order valence-electron chi connectivity index (χ1n) is 3.82. The first kappa shape index (κ1) is 8.53. The maximum atomic E-state index is 3.18. The Morgan fingerprint density at radius 1 is 1.73 bits per heavy atom. The predicted molar refractivity (Wildman–Crippen MR) is 51.4 cm³/mol. The summed E-state index contributed by atoms with van der Waals surface area (Å²) in [5.74, 6) is 1.13. The Labute approximate surface area is 72.1 Å². The molecule has 0 unspecified atom stereocenters. The summed E-state index contributed by atoms with van der Waals surface area (Å²) in [5.41, 5.74) is 1.29. The second-order valence-corrected chi connectivity index (χ2v) is 3.55. The van der Waals surface area contributed by atoms with Crippen LogP contribution in [-0.2, 0) is 0 Å². The van der Waals surface area contributed by atoms with Gasteiger partial charge in [-0.15, -0.1) is 11.8 Å². The molecule has 0 spiro atoms. The van der Waals surface area contributed by atoms with E-state index in [-0.39, 0.29) is 0 Å². The number of nitrogens with one attached hydrogen (secondary N) is 2. The molecule has 1 rings (SSSR count). The summed E-state index contributed by atoms with van der Waals surface area (Å²) in [6, 6.07) is 0. The van der Waals surface area contributed by atoms with Gasteiger partial charge < -0.3 is 10.6 Å². The number of hydrogen-bond acceptors (Lipinski definition) is 3. The third-order valence-electron chi connectivity index (χ3n) is 1.53. The molecule has 2 nitrogen and oxygen atoms in total. The summed E-state index contributed by atoms with van der Waals surface area (Å²) in [4.78, 5) is 1.36. The van der Waals surface area contributed by atoms with Gasteiger partial charge in [0, 0.05) is 17.6 Å². The van der Waals surface area contributed by atoms with Gasteiger partial charge in [0.1, 0.15) is 0 Å². The van der Waals surface area contributed by atoms with Crippen molar-refractivity contribution in [2.45, 2.75) is 6.92 Å². The van der Waals surface area contributed by atoms with Crippen molar-refractivity contribution >= 4 is 11.8 Å². The molecule has 1 aliphatic heterocycles. The van der Waals surface area contributed by atoms with Crippen LogP contribution < -0.4 is 10.6 Å². The molecule has 0 fully saturated rings. The zero-order chi connectivity index (χ0) is 8.10. The van der Waals surface area contributed by atoms with Crippen molar-refractivity contribution in [3.05, 3.63) is 22.9 Å². The molecule has 0 amide bonds. The monoisotopic (exact) mass is 170 g/mol. The average molecular weight is 170 g/mol. The molecule has 11 heavy (non-hydrogen) atoms. The van der Waals surface area contributed by atoms with Crippen molar-refractivity contribution in [2.75, 3.05) is 19.3 Å². The van der Waals surface area contributed by atoms with Crippen LogP contribution in [0.1, 0.15) is 6.92 Å². The van der Waals surface area contributed by atoms with Crippen molar-refractivity contribution in [3.63, 3.8) is 0 Å². The lowest BCUT2D eigenvalue weighted by Gasteiger charge is -2.15. The van der Waals surface area contributed by atoms with E-state index in [1.165, 1.54) is 10.6 Å². The molecule has 3 heteroatoms. The molecule has 1 heterocycles. The minimum Gasteiger partial charge on any atom is -0.389 e. The molecule has 0 aromatic rings. The van der Waals surface area contributed by atoms with E-state index in [0.717, 1.165) is 12.3 Å². The van der Waals surface area contributed by atoms with Crippen LogP contribution in [0.5, 0.6) is 0 Å².